The number of ether oxygens (including phenoxy) is 2. The molecule has 240 valence electrons. The Morgan fingerprint density at radius 1 is 1.13 bits per heavy atom. The van der Waals surface area contributed by atoms with Crippen LogP contribution in [0.3, 0.4) is 0 Å². The standard InChI is InChI=1S/C32H29F4N5O5/c1-31(30(37)43)13-46-28-19(31)10-22(39-27(28)18-9-20(33)24(35)25(36)23(18)34)32(44,16-3-4-16)12-38-29(42)14-7-15-11-41(17-5-6-17)40-26(15)21(8-14)45-2/h7-11,16-17,44H,3-6,12-13H2,1-2H3,(H2,37,43)(H,38,42)/t31-,32?/m0/s1. The number of pyridine rings is 1. The van der Waals surface area contributed by atoms with Crippen molar-refractivity contribution in [2.24, 2.45) is 11.7 Å². The van der Waals surface area contributed by atoms with E-state index in [0.717, 1.165) is 12.8 Å². The number of fused-ring (bicyclic) bond motifs is 2. The van der Waals surface area contributed by atoms with Gasteiger partial charge in [0.25, 0.3) is 5.91 Å². The number of nitrogens with one attached hydrogen (secondary N) is 1. The minimum Gasteiger partial charge on any atom is -0.494 e. The Hall–Kier alpha value is -4.72. The fourth-order valence-electron chi connectivity index (χ4n) is 5.99. The molecule has 0 spiro atoms. The van der Waals surface area contributed by atoms with Crippen LogP contribution < -0.4 is 20.5 Å². The largest absolute Gasteiger partial charge is 0.494 e. The van der Waals surface area contributed by atoms with Crippen molar-refractivity contribution in [2.45, 2.75) is 49.7 Å². The first-order chi connectivity index (χ1) is 21.9. The average molecular weight is 640 g/mol. The Kier molecular flexibility index (Phi) is 6.78. The first-order valence-corrected chi connectivity index (χ1v) is 14.7. The number of hydrogen-bond donors (Lipinski definition) is 3. The quantitative estimate of drug-likeness (QED) is 0.142. The van der Waals surface area contributed by atoms with Crippen molar-refractivity contribution in [1.82, 2.24) is 20.1 Å². The summed E-state index contributed by atoms with van der Waals surface area (Å²) in [5.41, 5.74) is 1.92. The molecule has 2 saturated carbocycles. The van der Waals surface area contributed by atoms with Crippen LogP contribution in [0.15, 0.2) is 30.5 Å². The third-order valence-electron chi connectivity index (χ3n) is 9.18. The van der Waals surface area contributed by atoms with Gasteiger partial charge in [-0.1, -0.05) is 0 Å². The topological polar surface area (TPSA) is 142 Å². The van der Waals surface area contributed by atoms with Crippen LogP contribution in [-0.4, -0.2) is 51.9 Å². The van der Waals surface area contributed by atoms with E-state index in [1.807, 2.05) is 10.9 Å². The number of nitrogens with zero attached hydrogens (tertiary/aromatic N) is 3. The summed E-state index contributed by atoms with van der Waals surface area (Å²) in [4.78, 5) is 30.4. The Labute approximate surface area is 259 Å². The molecule has 7 rings (SSSR count). The molecule has 1 unspecified atom stereocenters. The maximum absolute atomic E-state index is 15.1. The highest BCUT2D eigenvalue weighted by Crippen LogP contribution is 2.50. The second kappa shape index (κ2) is 10.4. The highest BCUT2D eigenvalue weighted by Gasteiger charge is 2.50. The molecule has 0 radical (unpaired) electrons. The minimum absolute atomic E-state index is 0.0952. The molecule has 4 aromatic rings. The van der Waals surface area contributed by atoms with Crippen LogP contribution in [-0.2, 0) is 15.8 Å². The molecule has 0 saturated heterocycles. The summed E-state index contributed by atoms with van der Waals surface area (Å²) in [6.07, 6.45) is 4.96. The van der Waals surface area contributed by atoms with Gasteiger partial charge in [-0.15, -0.1) is 0 Å². The molecule has 4 N–H and O–H groups in total. The number of primary amides is 1. The summed E-state index contributed by atoms with van der Waals surface area (Å²) in [6.45, 7) is 0.791. The zero-order valence-electron chi connectivity index (χ0n) is 24.8. The van der Waals surface area contributed by atoms with Crippen molar-refractivity contribution in [3.05, 3.63) is 70.6 Å². The van der Waals surface area contributed by atoms with Crippen molar-refractivity contribution in [2.75, 3.05) is 20.3 Å². The van der Waals surface area contributed by atoms with E-state index in [9.17, 15) is 27.9 Å². The number of halogens is 4. The van der Waals surface area contributed by atoms with Gasteiger partial charge in [0.2, 0.25) is 5.91 Å². The maximum Gasteiger partial charge on any atom is 0.251 e. The van der Waals surface area contributed by atoms with Gasteiger partial charge in [-0.05, 0) is 62.8 Å². The number of carbonyl (C=O) groups excluding carboxylic acids is 2. The molecule has 1 aliphatic heterocycles. The van der Waals surface area contributed by atoms with Gasteiger partial charge in [-0.25, -0.2) is 22.5 Å². The molecule has 2 aromatic carbocycles. The predicted molar refractivity (Wildman–Crippen MR) is 155 cm³/mol. The highest BCUT2D eigenvalue weighted by molar-refractivity contribution is 6.00. The first-order valence-electron chi connectivity index (χ1n) is 14.7. The molecule has 2 amide bonds. The van der Waals surface area contributed by atoms with Crippen molar-refractivity contribution >= 4 is 22.7 Å². The van der Waals surface area contributed by atoms with Gasteiger partial charge in [-0.3, -0.25) is 14.3 Å². The lowest BCUT2D eigenvalue weighted by atomic mass is 9.81. The second-order valence-electron chi connectivity index (χ2n) is 12.4. The molecule has 3 aliphatic rings. The molecule has 46 heavy (non-hydrogen) atoms. The van der Waals surface area contributed by atoms with E-state index in [1.165, 1.54) is 20.1 Å². The summed E-state index contributed by atoms with van der Waals surface area (Å²) < 4.78 is 70.7. The van der Waals surface area contributed by atoms with E-state index in [-0.39, 0.29) is 35.7 Å². The number of hydrogen-bond acceptors (Lipinski definition) is 7. The molecule has 2 atom stereocenters. The second-order valence-corrected chi connectivity index (χ2v) is 12.4. The minimum atomic E-state index is -2.06. The molecular formula is C32H29F4N5O5. The molecule has 2 aromatic heterocycles. The van der Waals surface area contributed by atoms with Crippen molar-refractivity contribution in [1.29, 1.82) is 0 Å². The summed E-state index contributed by atoms with van der Waals surface area (Å²) >= 11 is 0. The zero-order valence-corrected chi connectivity index (χ0v) is 24.8. The van der Waals surface area contributed by atoms with Gasteiger partial charge < -0.3 is 25.6 Å². The van der Waals surface area contributed by atoms with Crippen LogP contribution in [0.4, 0.5) is 17.6 Å². The predicted octanol–water partition coefficient (Wildman–Crippen LogP) is 4.16. The van der Waals surface area contributed by atoms with E-state index in [1.54, 1.807) is 12.1 Å². The lowest BCUT2D eigenvalue weighted by molar-refractivity contribution is -0.123. The van der Waals surface area contributed by atoms with Crippen molar-refractivity contribution < 1.29 is 41.7 Å². The number of carbonyl (C=O) groups is 2. The number of nitrogens with two attached hydrogens (primary N) is 1. The van der Waals surface area contributed by atoms with Gasteiger partial charge >= 0.3 is 0 Å². The molecular weight excluding hydrogens is 610 g/mol. The number of amides is 2. The van der Waals surface area contributed by atoms with Crippen LogP contribution in [0.5, 0.6) is 11.5 Å². The Bertz CT molecular complexity index is 1960. The summed E-state index contributed by atoms with van der Waals surface area (Å²) in [5, 5.41) is 20.2. The van der Waals surface area contributed by atoms with Gasteiger partial charge in [-0.2, -0.15) is 5.10 Å². The molecule has 14 heteroatoms. The SMILES string of the molecule is COc1cc(C(=O)NCC(O)(c2cc3c(c(-c4cc(F)c(F)c(F)c4F)n2)OC[C@]3(C)C(N)=O)C2CC2)cc2cn(C3CC3)nc12. The van der Waals surface area contributed by atoms with E-state index in [2.05, 4.69) is 15.4 Å². The van der Waals surface area contributed by atoms with Crippen molar-refractivity contribution in [3.63, 3.8) is 0 Å². The van der Waals surface area contributed by atoms with E-state index in [0.29, 0.717) is 41.6 Å². The van der Waals surface area contributed by atoms with Gasteiger partial charge in [0.1, 0.15) is 40.3 Å². The molecule has 10 nitrogen and oxygen atoms in total. The fraction of sp³-hybridized carbons (Fsp3) is 0.375. The Morgan fingerprint density at radius 3 is 2.52 bits per heavy atom. The zero-order chi connectivity index (χ0) is 32.7. The van der Waals surface area contributed by atoms with Gasteiger partial charge in [0.05, 0.1) is 25.4 Å². The number of benzene rings is 2. The van der Waals surface area contributed by atoms with Crippen LogP contribution >= 0.6 is 0 Å². The van der Waals surface area contributed by atoms with Crippen LogP contribution in [0.25, 0.3) is 22.2 Å². The number of rotatable bonds is 9. The maximum atomic E-state index is 15.1. The van der Waals surface area contributed by atoms with E-state index >= 15 is 4.39 Å². The summed E-state index contributed by atoms with van der Waals surface area (Å²) in [6, 6.07) is 5.31. The third-order valence-corrected chi connectivity index (χ3v) is 9.18. The molecule has 2 aliphatic carbocycles. The first kappa shape index (κ1) is 30.0. The molecule has 3 heterocycles. The number of methoxy groups -OCH3 is 1. The lowest BCUT2D eigenvalue weighted by Gasteiger charge is -2.30. The lowest BCUT2D eigenvalue weighted by Crippen LogP contribution is -2.44. The van der Waals surface area contributed by atoms with Crippen LogP contribution in [0.2, 0.25) is 0 Å². The highest BCUT2D eigenvalue weighted by atomic mass is 19.2. The normalized spacial score (nSPS) is 20.2. The fourth-order valence-corrected chi connectivity index (χ4v) is 5.99. The molecule has 0 bridgehead atoms. The number of aromatic nitrogens is 3. The van der Waals surface area contributed by atoms with Crippen molar-refractivity contribution in [3.8, 4) is 22.8 Å². The van der Waals surface area contributed by atoms with Crippen LogP contribution in [0, 0.1) is 29.2 Å². The van der Waals surface area contributed by atoms with Crippen LogP contribution in [0.1, 0.15) is 60.3 Å². The third kappa shape index (κ3) is 4.65. The average Bonchev–Trinajstić information content (AvgIpc) is 3.99. The summed E-state index contributed by atoms with van der Waals surface area (Å²) in [5.74, 6) is -9.06. The Balaban J connectivity index is 1.29. The van der Waals surface area contributed by atoms with E-state index < -0.39 is 63.3 Å². The van der Waals surface area contributed by atoms with Gasteiger partial charge in [0, 0.05) is 28.3 Å². The summed E-state index contributed by atoms with van der Waals surface area (Å²) in [7, 11) is 1.47. The van der Waals surface area contributed by atoms with Gasteiger partial charge in [0.15, 0.2) is 23.3 Å². The molecule has 2 fully saturated rings. The smallest absolute Gasteiger partial charge is 0.251 e. The monoisotopic (exact) mass is 639 g/mol. The number of aliphatic hydroxyl groups is 1. The van der Waals surface area contributed by atoms with E-state index in [4.69, 9.17) is 15.2 Å². The Morgan fingerprint density at radius 2 is 1.87 bits per heavy atom.